The molecule has 2 aromatic rings. The Balaban J connectivity index is 1.69. The molecule has 0 unspecified atom stereocenters. The van der Waals surface area contributed by atoms with E-state index in [-0.39, 0.29) is 5.91 Å². The third kappa shape index (κ3) is 4.19. The molecule has 4 nitrogen and oxygen atoms in total. The van der Waals surface area contributed by atoms with Crippen molar-refractivity contribution >= 4 is 40.5 Å². The highest BCUT2D eigenvalue weighted by Crippen LogP contribution is 2.28. The first-order valence-corrected chi connectivity index (χ1v) is 8.86. The average Bonchev–Trinajstić information content (AvgIpc) is 2.87. The van der Waals surface area contributed by atoms with Crippen LogP contribution in [-0.2, 0) is 0 Å². The number of amides is 1. The van der Waals surface area contributed by atoms with Crippen molar-refractivity contribution in [3.63, 3.8) is 0 Å². The number of carbonyl (C=O) groups excluding carboxylic acids is 1. The molecule has 0 radical (unpaired) electrons. The van der Waals surface area contributed by atoms with Gasteiger partial charge in [0.05, 0.1) is 22.6 Å². The van der Waals surface area contributed by atoms with Crippen molar-refractivity contribution in [3.05, 3.63) is 52.3 Å². The minimum atomic E-state index is 0.00738. The second kappa shape index (κ2) is 7.86. The van der Waals surface area contributed by atoms with E-state index in [0.717, 1.165) is 37.3 Å². The zero-order chi connectivity index (χ0) is 16.9. The van der Waals surface area contributed by atoms with Gasteiger partial charge in [-0.1, -0.05) is 36.0 Å². The maximum absolute atomic E-state index is 12.5. The van der Waals surface area contributed by atoms with Crippen molar-refractivity contribution in [1.29, 1.82) is 0 Å². The van der Waals surface area contributed by atoms with Crippen LogP contribution in [0.3, 0.4) is 0 Å². The van der Waals surface area contributed by atoms with Crippen LogP contribution in [0.25, 0.3) is 0 Å². The summed E-state index contributed by atoms with van der Waals surface area (Å²) in [5.41, 5.74) is 1.99. The molecule has 2 heterocycles. The Morgan fingerprint density at radius 1 is 1.04 bits per heavy atom. The number of hydrogen-bond donors (Lipinski definition) is 1. The van der Waals surface area contributed by atoms with Crippen LogP contribution in [0.5, 0.6) is 0 Å². The van der Waals surface area contributed by atoms with Gasteiger partial charge in [-0.2, -0.15) is 0 Å². The lowest BCUT2D eigenvalue weighted by atomic mass is 10.2. The van der Waals surface area contributed by atoms with Gasteiger partial charge >= 0.3 is 0 Å². The Bertz CT molecular complexity index is 711. The second-order valence-electron chi connectivity index (χ2n) is 5.89. The lowest BCUT2D eigenvalue weighted by Crippen LogP contribution is -2.32. The first kappa shape index (κ1) is 17.1. The van der Waals surface area contributed by atoms with Crippen LogP contribution in [0, 0.1) is 0 Å². The zero-order valence-corrected chi connectivity index (χ0v) is 14.8. The number of nitrogens with zero attached hydrogens (tertiary/aromatic N) is 2. The van der Waals surface area contributed by atoms with E-state index in [1.165, 1.54) is 12.8 Å². The molecule has 0 saturated carbocycles. The van der Waals surface area contributed by atoms with E-state index in [1.54, 1.807) is 30.5 Å². The van der Waals surface area contributed by atoms with Crippen molar-refractivity contribution in [2.24, 2.45) is 0 Å². The minimum absolute atomic E-state index is 0.00738. The Kier molecular flexibility index (Phi) is 5.59. The molecule has 1 saturated heterocycles. The fourth-order valence-electron chi connectivity index (χ4n) is 2.78. The molecule has 1 fully saturated rings. The monoisotopic (exact) mass is 363 g/mol. The molecule has 1 amide bonds. The van der Waals surface area contributed by atoms with Gasteiger partial charge in [0.15, 0.2) is 0 Å². The van der Waals surface area contributed by atoms with Gasteiger partial charge in [-0.25, -0.2) is 4.98 Å². The fourth-order valence-corrected chi connectivity index (χ4v) is 3.23. The van der Waals surface area contributed by atoms with Gasteiger partial charge in [-0.3, -0.25) is 4.79 Å². The SMILES string of the molecule is O=C(c1ccc(Nc2ccc(Cl)cc2Cl)cn1)N1CCCCCC1. The molecule has 1 aromatic carbocycles. The molecule has 0 atom stereocenters. The first-order valence-electron chi connectivity index (χ1n) is 8.11. The molecule has 3 rings (SSSR count). The van der Waals surface area contributed by atoms with E-state index in [9.17, 15) is 4.79 Å². The van der Waals surface area contributed by atoms with Gasteiger partial charge in [0, 0.05) is 18.1 Å². The Morgan fingerprint density at radius 3 is 2.42 bits per heavy atom. The number of rotatable bonds is 3. The summed E-state index contributed by atoms with van der Waals surface area (Å²) in [5.74, 6) is 0.00738. The molecule has 0 bridgehead atoms. The third-order valence-corrected chi connectivity index (χ3v) is 4.63. The number of hydrogen-bond acceptors (Lipinski definition) is 3. The summed E-state index contributed by atoms with van der Waals surface area (Å²) >= 11 is 12.0. The van der Waals surface area contributed by atoms with Gasteiger partial charge in [0.25, 0.3) is 5.91 Å². The van der Waals surface area contributed by atoms with E-state index in [1.807, 2.05) is 11.0 Å². The van der Waals surface area contributed by atoms with Crippen LogP contribution < -0.4 is 5.32 Å². The summed E-state index contributed by atoms with van der Waals surface area (Å²) in [4.78, 5) is 18.7. The standard InChI is InChI=1S/C18H19Cl2N3O/c19-13-5-7-16(15(20)11-13)22-14-6-8-17(21-12-14)18(24)23-9-3-1-2-4-10-23/h5-8,11-12,22H,1-4,9-10H2. The van der Waals surface area contributed by atoms with Crippen molar-refractivity contribution < 1.29 is 4.79 Å². The highest BCUT2D eigenvalue weighted by molar-refractivity contribution is 6.36. The number of pyridine rings is 1. The molecule has 1 aliphatic rings. The van der Waals surface area contributed by atoms with Gasteiger partial charge < -0.3 is 10.2 Å². The molecule has 0 spiro atoms. The average molecular weight is 364 g/mol. The highest BCUT2D eigenvalue weighted by atomic mass is 35.5. The Hall–Kier alpha value is -1.78. The van der Waals surface area contributed by atoms with Crippen LogP contribution in [0.1, 0.15) is 36.2 Å². The maximum Gasteiger partial charge on any atom is 0.272 e. The van der Waals surface area contributed by atoms with E-state index in [0.29, 0.717) is 15.7 Å². The van der Waals surface area contributed by atoms with Crippen molar-refractivity contribution in [1.82, 2.24) is 9.88 Å². The molecular formula is C18H19Cl2N3O. The molecule has 1 aliphatic heterocycles. The first-order chi connectivity index (χ1) is 11.6. The summed E-state index contributed by atoms with van der Waals surface area (Å²) in [7, 11) is 0. The molecule has 0 aliphatic carbocycles. The lowest BCUT2D eigenvalue weighted by molar-refractivity contribution is 0.0756. The third-order valence-electron chi connectivity index (χ3n) is 4.09. The van der Waals surface area contributed by atoms with E-state index < -0.39 is 0 Å². The summed E-state index contributed by atoms with van der Waals surface area (Å²) in [6.07, 6.45) is 6.18. The van der Waals surface area contributed by atoms with Crippen molar-refractivity contribution in [3.8, 4) is 0 Å². The number of carbonyl (C=O) groups is 1. The summed E-state index contributed by atoms with van der Waals surface area (Å²) < 4.78 is 0. The number of anilines is 2. The lowest BCUT2D eigenvalue weighted by Gasteiger charge is -2.19. The maximum atomic E-state index is 12.5. The minimum Gasteiger partial charge on any atom is -0.353 e. The number of benzene rings is 1. The van der Waals surface area contributed by atoms with Gasteiger partial charge in [-0.05, 0) is 43.2 Å². The van der Waals surface area contributed by atoms with E-state index in [4.69, 9.17) is 23.2 Å². The molecule has 24 heavy (non-hydrogen) atoms. The normalized spacial score (nSPS) is 15.0. The fraction of sp³-hybridized carbons (Fsp3) is 0.333. The van der Waals surface area contributed by atoms with Gasteiger partial charge in [-0.15, -0.1) is 0 Å². The molecule has 1 N–H and O–H groups in total. The van der Waals surface area contributed by atoms with Crippen LogP contribution in [-0.4, -0.2) is 28.9 Å². The smallest absolute Gasteiger partial charge is 0.272 e. The second-order valence-corrected chi connectivity index (χ2v) is 6.73. The van der Waals surface area contributed by atoms with E-state index in [2.05, 4.69) is 10.3 Å². The molecule has 6 heteroatoms. The molecular weight excluding hydrogens is 345 g/mol. The highest BCUT2D eigenvalue weighted by Gasteiger charge is 2.18. The summed E-state index contributed by atoms with van der Waals surface area (Å²) in [6.45, 7) is 1.64. The van der Waals surface area contributed by atoms with Crippen LogP contribution in [0.4, 0.5) is 11.4 Å². The number of halogens is 2. The Labute approximate surface area is 151 Å². The van der Waals surface area contributed by atoms with Gasteiger partial charge in [0.2, 0.25) is 0 Å². The predicted molar refractivity (Wildman–Crippen MR) is 98.4 cm³/mol. The van der Waals surface area contributed by atoms with E-state index >= 15 is 0 Å². The largest absolute Gasteiger partial charge is 0.353 e. The zero-order valence-electron chi connectivity index (χ0n) is 13.3. The van der Waals surface area contributed by atoms with Gasteiger partial charge in [0.1, 0.15) is 5.69 Å². The van der Waals surface area contributed by atoms with Crippen LogP contribution in [0.2, 0.25) is 10.0 Å². The predicted octanol–water partition coefficient (Wildman–Crippen LogP) is 5.15. The number of nitrogens with one attached hydrogen (secondary N) is 1. The van der Waals surface area contributed by atoms with Crippen LogP contribution >= 0.6 is 23.2 Å². The Morgan fingerprint density at radius 2 is 1.79 bits per heavy atom. The quantitative estimate of drug-likeness (QED) is 0.819. The topological polar surface area (TPSA) is 45.2 Å². The molecule has 126 valence electrons. The summed E-state index contributed by atoms with van der Waals surface area (Å²) in [6, 6.07) is 8.83. The van der Waals surface area contributed by atoms with Crippen LogP contribution in [0.15, 0.2) is 36.5 Å². The van der Waals surface area contributed by atoms with Crippen molar-refractivity contribution in [2.45, 2.75) is 25.7 Å². The summed E-state index contributed by atoms with van der Waals surface area (Å²) in [5, 5.41) is 4.30. The molecule has 1 aromatic heterocycles. The van der Waals surface area contributed by atoms with Crippen molar-refractivity contribution in [2.75, 3.05) is 18.4 Å². The number of aromatic nitrogens is 1. The number of likely N-dealkylation sites (tertiary alicyclic amines) is 1.